The van der Waals surface area contributed by atoms with E-state index in [9.17, 15) is 19.7 Å². The first-order valence-electron chi connectivity index (χ1n) is 6.59. The van der Waals surface area contributed by atoms with Gasteiger partial charge in [0.15, 0.2) is 0 Å². The van der Waals surface area contributed by atoms with Gasteiger partial charge in [0.25, 0.3) is 11.6 Å². The van der Waals surface area contributed by atoms with Crippen molar-refractivity contribution in [2.24, 2.45) is 0 Å². The number of benzene rings is 1. The second-order valence-corrected chi connectivity index (χ2v) is 5.97. The molecule has 1 amide bonds. The van der Waals surface area contributed by atoms with Gasteiger partial charge in [-0.2, -0.15) is 0 Å². The van der Waals surface area contributed by atoms with E-state index in [1.807, 2.05) is 6.92 Å². The third-order valence-electron chi connectivity index (χ3n) is 3.32. The Kier molecular flexibility index (Phi) is 4.75. The van der Waals surface area contributed by atoms with Gasteiger partial charge in [0, 0.05) is 22.6 Å². The fourth-order valence-electron chi connectivity index (χ4n) is 2.00. The monoisotopic (exact) mass is 334 g/mol. The van der Waals surface area contributed by atoms with Crippen molar-refractivity contribution in [3.63, 3.8) is 0 Å². The molecule has 0 saturated heterocycles. The van der Waals surface area contributed by atoms with Crippen LogP contribution in [0.4, 0.5) is 10.7 Å². The Labute approximate surface area is 136 Å². The van der Waals surface area contributed by atoms with Crippen LogP contribution < -0.4 is 5.32 Å². The highest BCUT2D eigenvalue weighted by Crippen LogP contribution is 2.33. The van der Waals surface area contributed by atoms with Gasteiger partial charge in [0.1, 0.15) is 5.00 Å². The van der Waals surface area contributed by atoms with E-state index in [1.165, 1.54) is 42.7 Å². The lowest BCUT2D eigenvalue weighted by molar-refractivity contribution is -0.384. The summed E-state index contributed by atoms with van der Waals surface area (Å²) in [4.78, 5) is 35.2. The van der Waals surface area contributed by atoms with E-state index in [-0.39, 0.29) is 11.3 Å². The van der Waals surface area contributed by atoms with E-state index >= 15 is 0 Å². The van der Waals surface area contributed by atoms with E-state index in [0.717, 1.165) is 10.4 Å². The predicted molar refractivity (Wildman–Crippen MR) is 86.2 cm³/mol. The molecule has 23 heavy (non-hydrogen) atoms. The van der Waals surface area contributed by atoms with E-state index in [4.69, 9.17) is 4.74 Å². The summed E-state index contributed by atoms with van der Waals surface area (Å²) in [6, 6.07) is 5.38. The second kappa shape index (κ2) is 6.57. The lowest BCUT2D eigenvalue weighted by atomic mass is 10.1. The lowest BCUT2D eigenvalue weighted by Gasteiger charge is -2.06. The number of methoxy groups -OCH3 is 1. The van der Waals surface area contributed by atoms with Gasteiger partial charge in [0.2, 0.25) is 0 Å². The number of thiophene rings is 1. The summed E-state index contributed by atoms with van der Waals surface area (Å²) in [5.41, 5.74) is 0.994. The van der Waals surface area contributed by atoms with Crippen molar-refractivity contribution in [2.45, 2.75) is 13.8 Å². The molecule has 0 aliphatic rings. The van der Waals surface area contributed by atoms with Crippen LogP contribution in [0.15, 0.2) is 24.3 Å². The molecule has 0 saturated carbocycles. The van der Waals surface area contributed by atoms with Crippen LogP contribution in [0, 0.1) is 24.0 Å². The SMILES string of the molecule is COC(=O)c1c(NC(=O)c2cccc([N+](=O)[O-])c2)sc(C)c1C. The molecule has 0 unspecified atom stereocenters. The molecule has 0 aliphatic carbocycles. The Morgan fingerprint density at radius 2 is 2.00 bits per heavy atom. The van der Waals surface area contributed by atoms with Gasteiger partial charge in [-0.3, -0.25) is 14.9 Å². The molecule has 0 fully saturated rings. The number of hydrogen-bond acceptors (Lipinski definition) is 6. The van der Waals surface area contributed by atoms with Gasteiger partial charge in [0.05, 0.1) is 17.6 Å². The largest absolute Gasteiger partial charge is 0.465 e. The number of esters is 1. The van der Waals surface area contributed by atoms with Crippen molar-refractivity contribution in [2.75, 3.05) is 12.4 Å². The third-order valence-corrected chi connectivity index (χ3v) is 4.44. The maximum absolute atomic E-state index is 12.3. The summed E-state index contributed by atoms with van der Waals surface area (Å²) in [7, 11) is 1.26. The maximum atomic E-state index is 12.3. The number of ether oxygens (including phenoxy) is 1. The van der Waals surface area contributed by atoms with Crippen molar-refractivity contribution in [3.8, 4) is 0 Å². The Hall–Kier alpha value is -2.74. The minimum absolute atomic E-state index is 0.138. The topological polar surface area (TPSA) is 98.5 Å². The molecule has 1 N–H and O–H groups in total. The van der Waals surface area contributed by atoms with Crippen molar-refractivity contribution < 1.29 is 19.2 Å². The van der Waals surface area contributed by atoms with E-state index in [2.05, 4.69) is 5.32 Å². The second-order valence-electron chi connectivity index (χ2n) is 4.74. The first kappa shape index (κ1) is 16.6. The fraction of sp³-hybridized carbons (Fsp3) is 0.200. The lowest BCUT2D eigenvalue weighted by Crippen LogP contribution is -2.14. The number of nitro groups is 1. The number of carbonyl (C=O) groups excluding carboxylic acids is 2. The van der Waals surface area contributed by atoms with Crippen LogP contribution in [-0.2, 0) is 4.74 Å². The molecule has 2 rings (SSSR count). The minimum atomic E-state index is -0.573. The Morgan fingerprint density at radius 1 is 1.30 bits per heavy atom. The summed E-state index contributed by atoms with van der Waals surface area (Å²) >= 11 is 1.25. The Balaban J connectivity index is 2.34. The molecule has 0 aliphatic heterocycles. The van der Waals surface area contributed by atoms with Crippen LogP contribution in [0.25, 0.3) is 0 Å². The highest BCUT2D eigenvalue weighted by molar-refractivity contribution is 7.16. The highest BCUT2D eigenvalue weighted by Gasteiger charge is 2.22. The zero-order valence-corrected chi connectivity index (χ0v) is 13.5. The summed E-state index contributed by atoms with van der Waals surface area (Å²) in [5, 5.41) is 13.8. The number of hydrogen-bond donors (Lipinski definition) is 1. The smallest absolute Gasteiger partial charge is 0.341 e. The summed E-state index contributed by atoms with van der Waals surface area (Å²) in [5.74, 6) is -1.07. The van der Waals surface area contributed by atoms with Crippen LogP contribution >= 0.6 is 11.3 Å². The number of carbonyl (C=O) groups is 2. The first-order chi connectivity index (χ1) is 10.8. The number of non-ortho nitro benzene ring substituents is 1. The van der Waals surface area contributed by atoms with Gasteiger partial charge in [-0.05, 0) is 25.5 Å². The number of nitrogens with one attached hydrogen (secondary N) is 1. The number of nitro benzene ring substituents is 1. The average molecular weight is 334 g/mol. The van der Waals surface area contributed by atoms with Gasteiger partial charge in [-0.25, -0.2) is 4.79 Å². The molecule has 1 aromatic heterocycles. The average Bonchev–Trinajstić information content (AvgIpc) is 2.81. The van der Waals surface area contributed by atoms with Crippen molar-refractivity contribution in [3.05, 3.63) is 55.9 Å². The molecule has 0 spiro atoms. The van der Waals surface area contributed by atoms with Gasteiger partial charge in [-0.1, -0.05) is 6.07 Å². The first-order valence-corrected chi connectivity index (χ1v) is 7.41. The van der Waals surface area contributed by atoms with Gasteiger partial charge >= 0.3 is 5.97 Å². The molecule has 1 heterocycles. The predicted octanol–water partition coefficient (Wildman–Crippen LogP) is 3.31. The van der Waals surface area contributed by atoms with Crippen LogP contribution in [0.1, 0.15) is 31.2 Å². The molecular weight excluding hydrogens is 320 g/mol. The van der Waals surface area contributed by atoms with Crippen LogP contribution in [-0.4, -0.2) is 23.9 Å². The fourth-order valence-corrected chi connectivity index (χ4v) is 3.04. The van der Waals surface area contributed by atoms with E-state index in [0.29, 0.717) is 10.6 Å². The number of rotatable bonds is 4. The quantitative estimate of drug-likeness (QED) is 0.525. The van der Waals surface area contributed by atoms with Crippen molar-refractivity contribution in [1.82, 2.24) is 0 Å². The number of aryl methyl sites for hydroxylation is 1. The molecule has 1 aromatic carbocycles. The van der Waals surface area contributed by atoms with E-state index in [1.54, 1.807) is 6.92 Å². The minimum Gasteiger partial charge on any atom is -0.465 e. The van der Waals surface area contributed by atoms with Crippen LogP contribution in [0.2, 0.25) is 0 Å². The molecule has 8 heteroatoms. The number of anilines is 1. The van der Waals surface area contributed by atoms with Crippen molar-refractivity contribution >= 4 is 33.9 Å². The zero-order chi connectivity index (χ0) is 17.1. The normalized spacial score (nSPS) is 10.2. The summed E-state index contributed by atoms with van der Waals surface area (Å²) < 4.78 is 4.74. The molecule has 0 radical (unpaired) electrons. The Bertz CT molecular complexity index is 797. The molecular formula is C15H14N2O5S. The molecule has 120 valence electrons. The number of nitrogens with zero attached hydrogens (tertiary/aromatic N) is 1. The molecule has 2 aromatic rings. The standard InChI is InChI=1S/C15H14N2O5S/c1-8-9(2)23-14(12(8)15(19)22-3)16-13(18)10-5-4-6-11(7-10)17(20)21/h4-7H,1-3H3,(H,16,18). The maximum Gasteiger partial charge on any atom is 0.341 e. The zero-order valence-electron chi connectivity index (χ0n) is 12.7. The molecule has 7 nitrogen and oxygen atoms in total. The summed E-state index contributed by atoms with van der Waals surface area (Å²) in [6.07, 6.45) is 0. The number of amides is 1. The third kappa shape index (κ3) is 3.37. The van der Waals surface area contributed by atoms with Crippen LogP contribution in [0.5, 0.6) is 0 Å². The summed E-state index contributed by atoms with van der Waals surface area (Å²) in [6.45, 7) is 3.59. The molecule has 0 atom stereocenters. The highest BCUT2D eigenvalue weighted by atomic mass is 32.1. The van der Waals surface area contributed by atoms with Crippen molar-refractivity contribution in [1.29, 1.82) is 0 Å². The van der Waals surface area contributed by atoms with Gasteiger partial charge < -0.3 is 10.1 Å². The Morgan fingerprint density at radius 3 is 2.61 bits per heavy atom. The van der Waals surface area contributed by atoms with Crippen LogP contribution in [0.3, 0.4) is 0 Å². The molecule has 0 bridgehead atoms. The van der Waals surface area contributed by atoms with E-state index < -0.39 is 16.8 Å². The van der Waals surface area contributed by atoms with Gasteiger partial charge in [-0.15, -0.1) is 11.3 Å².